The molecule has 4 nitrogen and oxygen atoms in total. The van der Waals surface area contributed by atoms with E-state index in [1.54, 1.807) is 0 Å². The van der Waals surface area contributed by atoms with Crippen LogP contribution in [0.15, 0.2) is 231 Å². The number of nitrogens with zero attached hydrogens (tertiary/aromatic N) is 4. The monoisotopic (exact) mass is 856 g/mol. The van der Waals surface area contributed by atoms with Crippen molar-refractivity contribution in [1.82, 2.24) is 19.1 Å². The van der Waals surface area contributed by atoms with Crippen molar-refractivity contribution in [1.29, 1.82) is 0 Å². The van der Waals surface area contributed by atoms with Crippen LogP contribution in [0.4, 0.5) is 0 Å². The summed E-state index contributed by atoms with van der Waals surface area (Å²) < 4.78 is 4.76. The summed E-state index contributed by atoms with van der Waals surface area (Å²) in [6.45, 7) is 2.32. The minimum atomic E-state index is 0.260. The normalized spacial score (nSPS) is 14.0. The topological polar surface area (TPSA) is 35.6 Å². The first-order chi connectivity index (χ1) is 33.1. The van der Waals surface area contributed by atoms with E-state index in [4.69, 9.17) is 9.97 Å². The summed E-state index contributed by atoms with van der Waals surface area (Å²) in [5.41, 5.74) is 18.1. The average molecular weight is 857 g/mol. The minimum absolute atomic E-state index is 0.260. The third kappa shape index (κ3) is 6.60. The van der Waals surface area contributed by atoms with Gasteiger partial charge in [0.1, 0.15) is 0 Å². The number of benzene rings is 9. The Hall–Kier alpha value is -8.60. The maximum atomic E-state index is 5.58. The molecule has 316 valence electrons. The number of para-hydroxylation sites is 4. The van der Waals surface area contributed by atoms with E-state index in [0.717, 1.165) is 62.2 Å². The highest BCUT2D eigenvalue weighted by molar-refractivity contribution is 6.10. The molecule has 0 spiro atoms. The van der Waals surface area contributed by atoms with Crippen LogP contribution in [0, 0.1) is 5.92 Å². The summed E-state index contributed by atoms with van der Waals surface area (Å²) in [5.74, 6) is 0.976. The van der Waals surface area contributed by atoms with Gasteiger partial charge in [-0.1, -0.05) is 165 Å². The van der Waals surface area contributed by atoms with Gasteiger partial charge in [-0.2, -0.15) is 0 Å². The van der Waals surface area contributed by atoms with Gasteiger partial charge >= 0.3 is 0 Å². The lowest BCUT2D eigenvalue weighted by atomic mass is 9.84. The molecule has 0 amide bonds. The molecule has 0 saturated carbocycles. The lowest BCUT2D eigenvalue weighted by Gasteiger charge is -2.22. The van der Waals surface area contributed by atoms with Crippen molar-refractivity contribution in [3.05, 3.63) is 242 Å². The van der Waals surface area contributed by atoms with E-state index < -0.39 is 0 Å². The number of aromatic nitrogens is 4. The van der Waals surface area contributed by atoms with Crippen LogP contribution in [0.5, 0.6) is 0 Å². The van der Waals surface area contributed by atoms with E-state index in [0.29, 0.717) is 5.82 Å². The molecule has 0 bridgehead atoms. The van der Waals surface area contributed by atoms with E-state index in [-0.39, 0.29) is 5.92 Å². The zero-order chi connectivity index (χ0) is 44.4. The summed E-state index contributed by atoms with van der Waals surface area (Å²) in [4.78, 5) is 10.9. The van der Waals surface area contributed by atoms with Gasteiger partial charge in [0, 0.05) is 43.9 Å². The molecule has 13 rings (SSSR count). The average Bonchev–Trinajstić information content (AvgIpc) is 3.92. The Morgan fingerprint density at radius 2 is 0.851 bits per heavy atom. The molecular weight excluding hydrogens is 813 g/mol. The Kier molecular flexibility index (Phi) is 9.17. The van der Waals surface area contributed by atoms with Crippen molar-refractivity contribution in [2.45, 2.75) is 13.3 Å². The summed E-state index contributed by atoms with van der Waals surface area (Å²) in [6.07, 6.45) is 5.66. The number of hydrogen-bond acceptors (Lipinski definition) is 2. The van der Waals surface area contributed by atoms with Crippen molar-refractivity contribution in [3.63, 3.8) is 0 Å². The van der Waals surface area contributed by atoms with Gasteiger partial charge in [0.25, 0.3) is 0 Å². The fourth-order valence-electron chi connectivity index (χ4n) is 10.5. The molecule has 0 fully saturated rings. The first kappa shape index (κ1) is 38.8. The van der Waals surface area contributed by atoms with Crippen LogP contribution in [-0.2, 0) is 0 Å². The molecule has 3 heterocycles. The van der Waals surface area contributed by atoms with Crippen LogP contribution >= 0.6 is 0 Å². The highest BCUT2D eigenvalue weighted by atomic mass is 15.0. The lowest BCUT2D eigenvalue weighted by molar-refractivity contribution is 0.757. The smallest absolute Gasteiger partial charge is 0.160 e. The van der Waals surface area contributed by atoms with Gasteiger partial charge in [-0.05, 0) is 124 Å². The molecule has 0 N–H and O–H groups in total. The highest BCUT2D eigenvalue weighted by Crippen LogP contribution is 2.41. The Labute approximate surface area is 389 Å². The minimum Gasteiger partial charge on any atom is -0.309 e. The van der Waals surface area contributed by atoms with Crippen LogP contribution in [0.2, 0.25) is 0 Å². The molecular formula is C63H44N4. The fourth-order valence-corrected chi connectivity index (χ4v) is 10.5. The quantitative estimate of drug-likeness (QED) is 0.160. The van der Waals surface area contributed by atoms with Gasteiger partial charge in [0.2, 0.25) is 0 Å². The van der Waals surface area contributed by atoms with Gasteiger partial charge in [-0.25, -0.2) is 9.97 Å². The molecule has 1 aliphatic carbocycles. The molecule has 9 aromatic carbocycles. The summed E-state index contributed by atoms with van der Waals surface area (Å²) in [7, 11) is 0. The second-order valence-corrected chi connectivity index (χ2v) is 17.8. The molecule has 12 aromatic rings. The summed E-state index contributed by atoms with van der Waals surface area (Å²) in [6, 6.07) is 78.7. The number of fused-ring (bicyclic) bond motifs is 7. The number of hydrogen-bond donors (Lipinski definition) is 0. The predicted octanol–water partition coefficient (Wildman–Crippen LogP) is 16.3. The molecule has 1 unspecified atom stereocenters. The molecule has 67 heavy (non-hydrogen) atoms. The van der Waals surface area contributed by atoms with E-state index in [2.05, 4.69) is 247 Å². The van der Waals surface area contributed by atoms with E-state index >= 15 is 0 Å². The van der Waals surface area contributed by atoms with Crippen molar-refractivity contribution < 1.29 is 0 Å². The van der Waals surface area contributed by atoms with Crippen molar-refractivity contribution in [3.8, 4) is 45.0 Å². The van der Waals surface area contributed by atoms with Crippen molar-refractivity contribution >= 4 is 65.7 Å². The lowest BCUT2D eigenvalue weighted by Crippen LogP contribution is -2.07. The Bertz CT molecular complexity index is 3870. The van der Waals surface area contributed by atoms with Crippen LogP contribution in [-0.4, -0.2) is 19.1 Å². The second-order valence-electron chi connectivity index (χ2n) is 17.8. The fraction of sp³-hybridized carbons (Fsp3) is 0.0476. The summed E-state index contributed by atoms with van der Waals surface area (Å²) >= 11 is 0. The van der Waals surface area contributed by atoms with Gasteiger partial charge in [0.05, 0.1) is 33.3 Å². The Morgan fingerprint density at radius 1 is 0.388 bits per heavy atom. The van der Waals surface area contributed by atoms with Crippen molar-refractivity contribution in [2.24, 2.45) is 5.92 Å². The predicted molar refractivity (Wildman–Crippen MR) is 281 cm³/mol. The van der Waals surface area contributed by atoms with Gasteiger partial charge in [-0.3, -0.25) is 0 Å². The standard InChI is InChI=1S/C63H44N4/c1-41-32-33-46(42-16-3-2-4-17-42)39-55(41)62-56-40-47(45-20-15-23-50(38-45)67-60-30-11-7-26-53(60)54-27-8-12-31-61(54)67)34-35-57(56)64-63(65-62)48-21-13-18-43(36-48)44-19-14-22-49(37-44)66-58-28-9-5-24-51(58)52-25-6-10-29-59(52)66/h2-31,33-41H,32H2,1H3. The zero-order valence-electron chi connectivity index (χ0n) is 37.0. The highest BCUT2D eigenvalue weighted by Gasteiger charge is 2.23. The second kappa shape index (κ2) is 15.8. The SMILES string of the molecule is CC1CC=C(c2ccccc2)C=C1c1nc(-c2cccc(-c3cccc(-n4c5ccccc5c5ccccc54)c3)c2)nc2ccc(-c3cccc(-n4c5ccccc5c5ccccc54)c3)cc12. The van der Waals surface area contributed by atoms with Gasteiger partial charge in [0.15, 0.2) is 5.82 Å². The molecule has 0 saturated heterocycles. The Balaban J connectivity index is 0.945. The summed E-state index contributed by atoms with van der Waals surface area (Å²) in [5, 5.41) is 6.06. The molecule has 1 atom stereocenters. The van der Waals surface area contributed by atoms with E-state index in [9.17, 15) is 0 Å². The maximum Gasteiger partial charge on any atom is 0.160 e. The molecule has 1 aliphatic rings. The number of rotatable bonds is 7. The third-order valence-corrected chi connectivity index (χ3v) is 13.8. The van der Waals surface area contributed by atoms with Crippen LogP contribution in [0.25, 0.3) is 111 Å². The maximum absolute atomic E-state index is 5.58. The van der Waals surface area contributed by atoms with Crippen molar-refractivity contribution in [2.75, 3.05) is 0 Å². The van der Waals surface area contributed by atoms with Crippen LogP contribution in [0.1, 0.15) is 24.6 Å². The first-order valence-electron chi connectivity index (χ1n) is 23.2. The zero-order valence-corrected chi connectivity index (χ0v) is 37.0. The molecule has 0 aliphatic heterocycles. The largest absolute Gasteiger partial charge is 0.309 e. The van der Waals surface area contributed by atoms with Crippen LogP contribution < -0.4 is 0 Å². The van der Waals surface area contributed by atoms with Gasteiger partial charge < -0.3 is 9.13 Å². The van der Waals surface area contributed by atoms with Gasteiger partial charge in [-0.15, -0.1) is 0 Å². The molecule has 4 heteroatoms. The van der Waals surface area contributed by atoms with Crippen LogP contribution in [0.3, 0.4) is 0 Å². The number of allylic oxidation sites excluding steroid dienone is 4. The Morgan fingerprint density at radius 3 is 1.42 bits per heavy atom. The third-order valence-electron chi connectivity index (χ3n) is 13.8. The molecule has 0 radical (unpaired) electrons. The molecule has 3 aromatic heterocycles. The van der Waals surface area contributed by atoms with E-state index in [1.165, 1.54) is 60.3 Å². The first-order valence-corrected chi connectivity index (χ1v) is 23.2. The van der Waals surface area contributed by atoms with E-state index in [1.807, 2.05) is 0 Å².